The van der Waals surface area contributed by atoms with Gasteiger partial charge in [-0.1, -0.05) is 11.3 Å². The molecule has 6 N–H and O–H groups in total. The van der Waals surface area contributed by atoms with Gasteiger partial charge in [0.05, 0.1) is 0 Å². The lowest BCUT2D eigenvalue weighted by atomic mass is 10.3. The third-order valence-corrected chi connectivity index (χ3v) is 4.09. The number of hydrogen-bond donors (Lipinski definition) is 4. The van der Waals surface area contributed by atoms with Crippen LogP contribution in [0.1, 0.15) is 12.8 Å². The lowest BCUT2D eigenvalue weighted by Crippen LogP contribution is -2.29. The maximum Gasteiger partial charge on any atom is 0.267 e. The monoisotopic (exact) mass is 322 g/mol. The van der Waals surface area contributed by atoms with E-state index in [9.17, 15) is 18.0 Å². The number of carbonyl (C=O) groups is 2. The maximum atomic E-state index is 11.5. The third kappa shape index (κ3) is 5.56. The molecule has 0 saturated heterocycles. The Labute approximate surface area is 119 Å². The van der Waals surface area contributed by atoms with Gasteiger partial charge in [0.15, 0.2) is 0 Å². The second kappa shape index (κ2) is 7.23. The summed E-state index contributed by atoms with van der Waals surface area (Å²) < 4.78 is 21.5. The van der Waals surface area contributed by atoms with E-state index in [2.05, 4.69) is 20.8 Å². The molecular weight excluding hydrogens is 308 g/mol. The summed E-state index contributed by atoms with van der Waals surface area (Å²) in [5.41, 5.74) is 5.19. The summed E-state index contributed by atoms with van der Waals surface area (Å²) in [6.45, 7) is 0.380. The van der Waals surface area contributed by atoms with Crippen LogP contribution < -0.4 is 21.5 Å². The fraction of sp³-hybridized carbons (Fsp3) is 0.500. The number of aromatic nitrogens is 2. The van der Waals surface area contributed by atoms with Gasteiger partial charge in [-0.3, -0.25) is 9.59 Å². The molecule has 10 nitrogen and oxygen atoms in total. The third-order valence-electron chi connectivity index (χ3n) is 1.94. The molecule has 12 heteroatoms. The summed E-state index contributed by atoms with van der Waals surface area (Å²) in [4.78, 5) is 22.6. The average molecular weight is 322 g/mol. The molecule has 20 heavy (non-hydrogen) atoms. The molecule has 0 aromatic carbocycles. The largest absolute Gasteiger partial charge is 0.356 e. The van der Waals surface area contributed by atoms with Crippen molar-refractivity contribution in [1.82, 2.24) is 15.5 Å². The van der Waals surface area contributed by atoms with Gasteiger partial charge >= 0.3 is 0 Å². The molecule has 1 heterocycles. The topological polar surface area (TPSA) is 170 Å². The van der Waals surface area contributed by atoms with Crippen molar-refractivity contribution in [2.45, 2.75) is 17.2 Å². The van der Waals surface area contributed by atoms with Gasteiger partial charge < -0.3 is 16.4 Å². The average Bonchev–Trinajstić information content (AvgIpc) is 2.77. The summed E-state index contributed by atoms with van der Waals surface area (Å²) in [6.07, 6.45) is 0.205. The Morgan fingerprint density at radius 3 is 2.45 bits per heavy atom. The number of rotatable bonds is 7. The SMILES string of the molecule is NCCC(=O)NCCC(=O)Nc1nnc(S(N)(=O)=O)s1. The van der Waals surface area contributed by atoms with Crippen LogP contribution in [-0.2, 0) is 19.6 Å². The zero-order valence-electron chi connectivity index (χ0n) is 10.3. The van der Waals surface area contributed by atoms with Gasteiger partial charge in [-0.05, 0) is 0 Å². The first-order valence-corrected chi connectivity index (χ1v) is 7.82. The summed E-state index contributed by atoms with van der Waals surface area (Å²) in [5, 5.41) is 16.5. The molecule has 0 fully saturated rings. The minimum Gasteiger partial charge on any atom is -0.356 e. The van der Waals surface area contributed by atoms with Gasteiger partial charge in [0, 0.05) is 25.9 Å². The summed E-state index contributed by atoms with van der Waals surface area (Å²) in [5.74, 6) is -0.678. The standard InChI is InChI=1S/C8H14N6O4S2/c9-3-1-5(15)11-4-2-6(16)12-7-13-14-8(19-7)20(10,17)18/h1-4,9H2,(H,11,15)(H2,10,17,18)(H,12,13,16). The van der Waals surface area contributed by atoms with Crippen molar-refractivity contribution in [3.63, 3.8) is 0 Å². The number of anilines is 1. The lowest BCUT2D eigenvalue weighted by Gasteiger charge is -2.03. The highest BCUT2D eigenvalue weighted by molar-refractivity contribution is 7.91. The second-order valence-electron chi connectivity index (χ2n) is 3.60. The predicted molar refractivity (Wildman–Crippen MR) is 71.2 cm³/mol. The van der Waals surface area contributed by atoms with Crippen LogP contribution in [0.15, 0.2) is 4.34 Å². The minimum absolute atomic E-state index is 0.0145. The highest BCUT2D eigenvalue weighted by Crippen LogP contribution is 2.18. The molecule has 1 aromatic rings. The molecule has 0 aliphatic rings. The molecule has 0 saturated carbocycles. The van der Waals surface area contributed by atoms with Crippen LogP contribution >= 0.6 is 11.3 Å². The van der Waals surface area contributed by atoms with Crippen molar-refractivity contribution in [2.75, 3.05) is 18.4 Å². The number of sulfonamides is 1. The van der Waals surface area contributed by atoms with E-state index in [1.165, 1.54) is 0 Å². The van der Waals surface area contributed by atoms with Crippen LogP contribution in [0, 0.1) is 0 Å². The van der Waals surface area contributed by atoms with Crippen molar-refractivity contribution in [3.05, 3.63) is 0 Å². The van der Waals surface area contributed by atoms with Crippen LogP contribution in [-0.4, -0.2) is 43.5 Å². The first-order chi connectivity index (χ1) is 9.32. The van der Waals surface area contributed by atoms with Crippen LogP contribution in [0.5, 0.6) is 0 Å². The molecule has 0 aliphatic carbocycles. The van der Waals surface area contributed by atoms with Crippen LogP contribution in [0.4, 0.5) is 5.13 Å². The molecule has 1 aromatic heterocycles. The zero-order chi connectivity index (χ0) is 15.2. The molecule has 0 bridgehead atoms. The van der Waals surface area contributed by atoms with Crippen LogP contribution in [0.25, 0.3) is 0 Å². The van der Waals surface area contributed by atoms with E-state index in [4.69, 9.17) is 10.9 Å². The number of carbonyl (C=O) groups excluding carboxylic acids is 2. The van der Waals surface area contributed by atoms with Crippen molar-refractivity contribution < 1.29 is 18.0 Å². The second-order valence-corrected chi connectivity index (χ2v) is 6.32. The van der Waals surface area contributed by atoms with E-state index in [1.807, 2.05) is 0 Å². The first-order valence-electron chi connectivity index (χ1n) is 5.46. The summed E-state index contributed by atoms with van der Waals surface area (Å²) in [7, 11) is -3.93. The van der Waals surface area contributed by atoms with Crippen LogP contribution in [0.3, 0.4) is 0 Å². The number of hydrogen-bond acceptors (Lipinski definition) is 8. The Kier molecular flexibility index (Phi) is 5.94. The molecule has 0 unspecified atom stereocenters. The van der Waals surface area contributed by atoms with E-state index >= 15 is 0 Å². The lowest BCUT2D eigenvalue weighted by molar-refractivity contribution is -0.121. The quantitative estimate of drug-likeness (QED) is 0.419. The number of amides is 2. The van der Waals surface area contributed by atoms with E-state index in [1.54, 1.807) is 0 Å². The Hall–Kier alpha value is -1.63. The Morgan fingerprint density at radius 1 is 1.20 bits per heavy atom. The molecule has 0 atom stereocenters. The van der Waals surface area contributed by atoms with Gasteiger partial charge in [-0.25, -0.2) is 13.6 Å². The van der Waals surface area contributed by atoms with Gasteiger partial charge in [0.25, 0.3) is 10.0 Å². The number of nitrogens with one attached hydrogen (secondary N) is 2. The molecule has 1 rings (SSSR count). The van der Waals surface area contributed by atoms with E-state index in [-0.39, 0.29) is 41.3 Å². The molecule has 0 spiro atoms. The van der Waals surface area contributed by atoms with Crippen molar-refractivity contribution >= 4 is 38.3 Å². The maximum absolute atomic E-state index is 11.5. The van der Waals surface area contributed by atoms with Gasteiger partial charge in [-0.15, -0.1) is 10.2 Å². The number of primary sulfonamides is 1. The van der Waals surface area contributed by atoms with Crippen LogP contribution in [0.2, 0.25) is 0 Å². The molecule has 112 valence electrons. The smallest absolute Gasteiger partial charge is 0.267 e. The summed E-state index contributed by atoms with van der Waals surface area (Å²) in [6, 6.07) is 0. The molecule has 2 amide bonds. The number of nitrogens with two attached hydrogens (primary N) is 2. The summed E-state index contributed by atoms with van der Waals surface area (Å²) >= 11 is 0.645. The highest BCUT2D eigenvalue weighted by Gasteiger charge is 2.16. The Bertz CT molecular complexity index is 584. The Morgan fingerprint density at radius 2 is 1.90 bits per heavy atom. The van der Waals surface area contributed by atoms with Gasteiger partial charge in [0.2, 0.25) is 21.3 Å². The minimum atomic E-state index is -3.93. The number of nitrogens with zero attached hydrogens (tertiary/aromatic N) is 2. The van der Waals surface area contributed by atoms with E-state index in [0.29, 0.717) is 11.3 Å². The molecule has 0 radical (unpaired) electrons. The zero-order valence-corrected chi connectivity index (χ0v) is 12.0. The molecule has 0 aliphatic heterocycles. The van der Waals surface area contributed by atoms with Gasteiger partial charge in [0.1, 0.15) is 0 Å². The van der Waals surface area contributed by atoms with Crippen molar-refractivity contribution in [1.29, 1.82) is 0 Å². The fourth-order valence-corrected chi connectivity index (χ4v) is 2.44. The fourth-order valence-electron chi connectivity index (χ4n) is 1.09. The van der Waals surface area contributed by atoms with Crippen molar-refractivity contribution in [2.24, 2.45) is 10.9 Å². The first kappa shape index (κ1) is 16.4. The van der Waals surface area contributed by atoms with Gasteiger partial charge in [-0.2, -0.15) is 0 Å². The normalized spacial score (nSPS) is 11.1. The predicted octanol–water partition coefficient (Wildman–Crippen LogP) is -2.02. The van der Waals surface area contributed by atoms with Crippen molar-refractivity contribution in [3.8, 4) is 0 Å². The highest BCUT2D eigenvalue weighted by atomic mass is 32.2. The van der Waals surface area contributed by atoms with E-state index in [0.717, 1.165) is 0 Å². The van der Waals surface area contributed by atoms with E-state index < -0.39 is 15.9 Å². The Balaban J connectivity index is 2.39. The molecular formula is C8H14N6O4S2.